The van der Waals surface area contributed by atoms with E-state index in [0.717, 1.165) is 10.8 Å². The van der Waals surface area contributed by atoms with Gasteiger partial charge in [-0.15, -0.1) is 0 Å². The fourth-order valence-corrected chi connectivity index (χ4v) is 1.41. The van der Waals surface area contributed by atoms with E-state index < -0.39 is 5.97 Å². The number of carboxylic acid groups (broad SMARTS) is 1. The van der Waals surface area contributed by atoms with Crippen molar-refractivity contribution in [1.82, 2.24) is 0 Å². The SMILES string of the molecule is O=C(O)c1cccc2ccccc12.[CaH2].[Co]. The van der Waals surface area contributed by atoms with Gasteiger partial charge in [0.25, 0.3) is 0 Å². The van der Waals surface area contributed by atoms with Gasteiger partial charge < -0.3 is 5.11 Å². The van der Waals surface area contributed by atoms with Crippen molar-refractivity contribution >= 4 is 54.5 Å². The molecule has 0 atom stereocenters. The average Bonchev–Trinajstić information content (AvgIpc) is 2.17. The summed E-state index contributed by atoms with van der Waals surface area (Å²) in [6, 6.07) is 12.7. The number of carboxylic acids is 1. The molecule has 4 heteroatoms. The Kier molecular flexibility index (Phi) is 6.48. The second kappa shape index (κ2) is 6.50. The molecule has 2 aromatic carbocycles. The zero-order valence-electron chi connectivity index (χ0n) is 7.23. The van der Waals surface area contributed by atoms with Crippen molar-refractivity contribution in [2.45, 2.75) is 0 Å². The first-order valence-corrected chi connectivity index (χ1v) is 4.00. The Bertz CT molecular complexity index is 466. The molecule has 0 heterocycles. The van der Waals surface area contributed by atoms with E-state index in [4.69, 9.17) is 5.11 Å². The first kappa shape index (κ1) is 14.9. The molecule has 15 heavy (non-hydrogen) atoms. The molecular formula is C11H10CaCoO2. The summed E-state index contributed by atoms with van der Waals surface area (Å²) in [6.45, 7) is 0. The third-order valence-electron chi connectivity index (χ3n) is 2.02. The maximum atomic E-state index is 10.8. The summed E-state index contributed by atoms with van der Waals surface area (Å²) in [7, 11) is 0. The molecule has 0 aliphatic carbocycles. The van der Waals surface area contributed by atoms with Crippen molar-refractivity contribution in [3.05, 3.63) is 48.0 Å². The molecule has 0 aromatic heterocycles. The molecule has 2 rings (SSSR count). The molecule has 77 valence electrons. The molecule has 0 aliphatic heterocycles. The monoisotopic (exact) mass is 273 g/mol. The van der Waals surface area contributed by atoms with Gasteiger partial charge in [-0.2, -0.15) is 0 Å². The van der Waals surface area contributed by atoms with Gasteiger partial charge in [-0.1, -0.05) is 36.4 Å². The quantitative estimate of drug-likeness (QED) is 0.802. The fourth-order valence-electron chi connectivity index (χ4n) is 1.41. The van der Waals surface area contributed by atoms with Crippen LogP contribution in [0.1, 0.15) is 10.4 Å². The molecule has 0 spiro atoms. The standard InChI is InChI=1S/C11H8O2.Ca.Co.2H/c12-11(13)10-7-3-5-8-4-1-2-6-9(8)10;;;;/h1-7H,(H,12,13);;;;. The smallest absolute Gasteiger partial charge is 0 e. The van der Waals surface area contributed by atoms with Gasteiger partial charge in [-0.05, 0) is 16.8 Å². The van der Waals surface area contributed by atoms with Crippen LogP contribution < -0.4 is 0 Å². The summed E-state index contributed by atoms with van der Waals surface area (Å²) in [5.74, 6) is -0.878. The number of rotatable bonds is 1. The maximum absolute atomic E-state index is 10.8. The van der Waals surface area contributed by atoms with Crippen LogP contribution in [0.25, 0.3) is 10.8 Å². The van der Waals surface area contributed by atoms with Crippen molar-refractivity contribution in [3.63, 3.8) is 0 Å². The Morgan fingerprint density at radius 2 is 1.60 bits per heavy atom. The van der Waals surface area contributed by atoms with Crippen LogP contribution in [0.5, 0.6) is 0 Å². The molecule has 2 nitrogen and oxygen atoms in total. The minimum absolute atomic E-state index is 0. The van der Waals surface area contributed by atoms with Crippen molar-refractivity contribution in [2.75, 3.05) is 0 Å². The van der Waals surface area contributed by atoms with Crippen molar-refractivity contribution in [3.8, 4) is 0 Å². The van der Waals surface area contributed by atoms with E-state index in [0.29, 0.717) is 5.56 Å². The summed E-state index contributed by atoms with van der Waals surface area (Å²) in [4.78, 5) is 10.8. The van der Waals surface area contributed by atoms with Crippen LogP contribution >= 0.6 is 0 Å². The second-order valence-electron chi connectivity index (χ2n) is 2.83. The van der Waals surface area contributed by atoms with Gasteiger partial charge >= 0.3 is 43.7 Å². The summed E-state index contributed by atoms with van der Waals surface area (Å²) in [5, 5.41) is 10.6. The van der Waals surface area contributed by atoms with Crippen LogP contribution in [0.4, 0.5) is 0 Å². The summed E-state index contributed by atoms with van der Waals surface area (Å²) < 4.78 is 0. The normalized spacial score (nSPS) is 8.80. The van der Waals surface area contributed by atoms with Gasteiger partial charge in [0.05, 0.1) is 5.56 Å². The number of hydrogen-bond donors (Lipinski definition) is 1. The molecule has 0 bridgehead atoms. The molecule has 0 fully saturated rings. The van der Waals surface area contributed by atoms with Crippen LogP contribution in [0.3, 0.4) is 0 Å². The Morgan fingerprint density at radius 3 is 2.27 bits per heavy atom. The Morgan fingerprint density at radius 1 is 1.00 bits per heavy atom. The molecule has 2 aromatic rings. The second-order valence-corrected chi connectivity index (χ2v) is 2.83. The summed E-state index contributed by atoms with van der Waals surface area (Å²) in [6.07, 6.45) is 0. The van der Waals surface area contributed by atoms with Crippen LogP contribution in [0.2, 0.25) is 0 Å². The largest absolute Gasteiger partial charge is 0 e. The third kappa shape index (κ3) is 3.19. The fraction of sp³-hybridized carbons (Fsp3) is 0. The van der Waals surface area contributed by atoms with Crippen molar-refractivity contribution in [1.29, 1.82) is 0 Å². The molecule has 0 saturated heterocycles. The third-order valence-corrected chi connectivity index (χ3v) is 2.02. The van der Waals surface area contributed by atoms with E-state index in [1.54, 1.807) is 12.1 Å². The van der Waals surface area contributed by atoms with Crippen LogP contribution in [0, 0.1) is 0 Å². The van der Waals surface area contributed by atoms with Crippen molar-refractivity contribution in [2.24, 2.45) is 0 Å². The first-order chi connectivity index (χ1) is 6.29. The van der Waals surface area contributed by atoms with Crippen LogP contribution in [0.15, 0.2) is 42.5 Å². The van der Waals surface area contributed by atoms with Gasteiger partial charge in [0, 0.05) is 16.8 Å². The van der Waals surface area contributed by atoms with E-state index in [-0.39, 0.29) is 54.5 Å². The number of fused-ring (bicyclic) bond motifs is 1. The maximum Gasteiger partial charge on any atom is 0 e. The number of carbonyl (C=O) groups is 1. The van der Waals surface area contributed by atoms with Gasteiger partial charge in [0.2, 0.25) is 0 Å². The molecule has 0 unspecified atom stereocenters. The Balaban J connectivity index is 0.000000980. The minimum Gasteiger partial charge on any atom is 0 e. The zero-order valence-corrected chi connectivity index (χ0v) is 8.27. The van der Waals surface area contributed by atoms with Gasteiger partial charge in [0.15, 0.2) is 0 Å². The van der Waals surface area contributed by atoms with Crippen LogP contribution in [-0.4, -0.2) is 48.8 Å². The first-order valence-electron chi connectivity index (χ1n) is 4.00. The zero-order chi connectivity index (χ0) is 9.26. The molecule has 0 saturated carbocycles. The minimum atomic E-state index is -0.878. The summed E-state index contributed by atoms with van der Waals surface area (Å²) in [5.41, 5.74) is 0.359. The predicted molar refractivity (Wildman–Crippen MR) is 59.5 cm³/mol. The van der Waals surface area contributed by atoms with Gasteiger partial charge in [0.1, 0.15) is 0 Å². The molecule has 0 amide bonds. The van der Waals surface area contributed by atoms with Gasteiger partial charge in [-0.25, -0.2) is 4.79 Å². The van der Waals surface area contributed by atoms with Gasteiger partial charge in [-0.3, -0.25) is 0 Å². The number of aromatic carboxylic acids is 1. The predicted octanol–water partition coefficient (Wildman–Crippen LogP) is 1.62. The van der Waals surface area contributed by atoms with E-state index >= 15 is 0 Å². The average molecular weight is 273 g/mol. The molecular weight excluding hydrogens is 263 g/mol. The summed E-state index contributed by atoms with van der Waals surface area (Å²) >= 11 is 0. The molecule has 1 radical (unpaired) electrons. The number of benzene rings is 2. The van der Waals surface area contributed by atoms with E-state index in [9.17, 15) is 4.79 Å². The van der Waals surface area contributed by atoms with E-state index in [2.05, 4.69) is 0 Å². The molecule has 1 N–H and O–H groups in total. The van der Waals surface area contributed by atoms with Crippen molar-refractivity contribution < 1.29 is 26.7 Å². The Labute approximate surface area is 128 Å². The molecule has 0 aliphatic rings. The van der Waals surface area contributed by atoms with E-state index in [1.165, 1.54) is 0 Å². The van der Waals surface area contributed by atoms with E-state index in [1.807, 2.05) is 30.3 Å². The topological polar surface area (TPSA) is 37.3 Å². The Hall–Kier alpha value is -0.0638. The number of hydrogen-bond acceptors (Lipinski definition) is 1. The van der Waals surface area contributed by atoms with Crippen LogP contribution in [-0.2, 0) is 16.8 Å².